The Morgan fingerprint density at radius 3 is 2.36 bits per heavy atom. The number of esters is 2. The maximum absolute atomic E-state index is 13.5. The van der Waals surface area contributed by atoms with E-state index in [0.29, 0.717) is 6.42 Å². The molecule has 2 aliphatic rings. The van der Waals surface area contributed by atoms with E-state index < -0.39 is 29.7 Å². The van der Waals surface area contributed by atoms with Crippen LogP contribution < -0.4 is 5.32 Å². The Bertz CT molecular complexity index is 1080. The van der Waals surface area contributed by atoms with Crippen molar-refractivity contribution in [1.82, 2.24) is 0 Å². The standard InChI is InChI=1S/C26H26FNO5/c1-3-31-24(29)22-20-14-15-26(33-20,23(22)25(30)32-4-2)21(28-19-8-6-5-7-9-19)16-17-10-12-18(27)13-11-17/h5-15,20-21,28H,3-4,16H2,1-2H3. The van der Waals surface area contributed by atoms with Gasteiger partial charge in [-0.25, -0.2) is 14.0 Å². The summed E-state index contributed by atoms with van der Waals surface area (Å²) >= 11 is 0. The van der Waals surface area contributed by atoms with Crippen molar-refractivity contribution in [3.05, 3.63) is 89.3 Å². The van der Waals surface area contributed by atoms with Gasteiger partial charge in [-0.2, -0.15) is 0 Å². The van der Waals surface area contributed by atoms with Gasteiger partial charge >= 0.3 is 11.9 Å². The first-order chi connectivity index (χ1) is 16.0. The normalized spacial score (nSPS) is 21.7. The third kappa shape index (κ3) is 4.41. The van der Waals surface area contributed by atoms with Gasteiger partial charge in [0.25, 0.3) is 0 Å². The lowest BCUT2D eigenvalue weighted by Crippen LogP contribution is -2.49. The highest BCUT2D eigenvalue weighted by Crippen LogP contribution is 2.47. The minimum Gasteiger partial charge on any atom is -0.463 e. The Labute approximate surface area is 192 Å². The predicted molar refractivity (Wildman–Crippen MR) is 121 cm³/mol. The minimum atomic E-state index is -1.26. The summed E-state index contributed by atoms with van der Waals surface area (Å²) in [5, 5.41) is 3.46. The van der Waals surface area contributed by atoms with Crippen molar-refractivity contribution in [2.24, 2.45) is 0 Å². The van der Waals surface area contributed by atoms with Gasteiger partial charge in [0.2, 0.25) is 0 Å². The summed E-state index contributed by atoms with van der Waals surface area (Å²) in [6.45, 7) is 3.73. The highest BCUT2D eigenvalue weighted by Gasteiger charge is 2.58. The zero-order valence-electron chi connectivity index (χ0n) is 18.5. The van der Waals surface area contributed by atoms with Crippen molar-refractivity contribution < 1.29 is 28.2 Å². The first kappa shape index (κ1) is 22.7. The molecule has 6 nitrogen and oxygen atoms in total. The van der Waals surface area contributed by atoms with Crippen LogP contribution in [0.4, 0.5) is 10.1 Å². The zero-order valence-corrected chi connectivity index (χ0v) is 18.5. The molecule has 3 atom stereocenters. The van der Waals surface area contributed by atoms with E-state index in [9.17, 15) is 14.0 Å². The monoisotopic (exact) mass is 451 g/mol. The van der Waals surface area contributed by atoms with Crippen LogP contribution in [-0.4, -0.2) is 42.9 Å². The fourth-order valence-electron chi connectivity index (χ4n) is 4.34. The number of para-hydroxylation sites is 1. The molecule has 3 unspecified atom stereocenters. The molecule has 2 heterocycles. The Morgan fingerprint density at radius 2 is 1.70 bits per heavy atom. The summed E-state index contributed by atoms with van der Waals surface area (Å²) in [7, 11) is 0. The number of anilines is 1. The summed E-state index contributed by atoms with van der Waals surface area (Å²) in [6.07, 6.45) is 3.25. The number of halogens is 1. The third-order valence-electron chi connectivity index (χ3n) is 5.75. The van der Waals surface area contributed by atoms with E-state index in [1.54, 1.807) is 38.1 Å². The maximum atomic E-state index is 13.5. The van der Waals surface area contributed by atoms with Crippen LogP contribution in [-0.2, 0) is 30.2 Å². The summed E-state index contributed by atoms with van der Waals surface area (Å²) in [4.78, 5) is 25.9. The Kier molecular flexibility index (Phi) is 6.60. The summed E-state index contributed by atoms with van der Waals surface area (Å²) in [5.74, 6) is -1.55. The van der Waals surface area contributed by atoms with Gasteiger partial charge in [-0.15, -0.1) is 0 Å². The molecule has 0 aromatic heterocycles. The lowest BCUT2D eigenvalue weighted by Gasteiger charge is -2.36. The van der Waals surface area contributed by atoms with Gasteiger partial charge in [0.15, 0.2) is 0 Å². The molecule has 1 N–H and O–H groups in total. The molecule has 33 heavy (non-hydrogen) atoms. The molecule has 0 saturated heterocycles. The molecule has 0 aliphatic carbocycles. The van der Waals surface area contributed by atoms with E-state index in [1.165, 1.54) is 12.1 Å². The fraction of sp³-hybridized carbons (Fsp3) is 0.308. The minimum absolute atomic E-state index is 0.144. The van der Waals surface area contributed by atoms with Gasteiger partial charge in [-0.05, 0) is 56.2 Å². The molecule has 0 saturated carbocycles. The second-order valence-corrected chi connectivity index (χ2v) is 7.81. The topological polar surface area (TPSA) is 73.9 Å². The van der Waals surface area contributed by atoms with Crippen LogP contribution >= 0.6 is 0 Å². The van der Waals surface area contributed by atoms with E-state index in [4.69, 9.17) is 14.2 Å². The number of benzene rings is 2. The predicted octanol–water partition coefficient (Wildman–Crippen LogP) is 3.98. The summed E-state index contributed by atoms with van der Waals surface area (Å²) in [5.41, 5.74) is 0.700. The van der Waals surface area contributed by atoms with Gasteiger partial charge in [-0.3, -0.25) is 0 Å². The van der Waals surface area contributed by atoms with E-state index in [1.807, 2.05) is 30.3 Å². The zero-order chi connectivity index (χ0) is 23.4. The van der Waals surface area contributed by atoms with Crippen molar-refractivity contribution in [2.45, 2.75) is 38.0 Å². The highest BCUT2D eigenvalue weighted by molar-refractivity contribution is 6.05. The quantitative estimate of drug-likeness (QED) is 0.459. The summed E-state index contributed by atoms with van der Waals surface area (Å²) in [6, 6.07) is 15.2. The molecule has 2 aromatic carbocycles. The SMILES string of the molecule is CCOC(=O)C1=C(C(=O)OCC)C2(C(Cc3ccc(F)cc3)Nc3ccccc3)C=CC1O2. The van der Waals surface area contributed by atoms with Gasteiger partial charge in [0.05, 0.1) is 30.4 Å². The summed E-state index contributed by atoms with van der Waals surface area (Å²) < 4.78 is 30.4. The molecule has 2 aliphatic heterocycles. The van der Waals surface area contributed by atoms with Crippen LogP contribution in [0.15, 0.2) is 77.9 Å². The lowest BCUT2D eigenvalue weighted by molar-refractivity contribution is -0.142. The first-order valence-electron chi connectivity index (χ1n) is 11.0. The van der Waals surface area contributed by atoms with Gasteiger partial charge in [0.1, 0.15) is 17.5 Å². The average molecular weight is 451 g/mol. The van der Waals surface area contributed by atoms with Crippen molar-refractivity contribution in [2.75, 3.05) is 18.5 Å². The third-order valence-corrected chi connectivity index (χ3v) is 5.75. The number of hydrogen-bond acceptors (Lipinski definition) is 6. The second kappa shape index (κ2) is 9.58. The van der Waals surface area contributed by atoms with Gasteiger partial charge < -0.3 is 19.5 Å². The molecule has 0 spiro atoms. The smallest absolute Gasteiger partial charge is 0.338 e. The molecule has 172 valence electrons. The van der Waals surface area contributed by atoms with Crippen LogP contribution in [0.2, 0.25) is 0 Å². The van der Waals surface area contributed by atoms with Crippen molar-refractivity contribution in [3.63, 3.8) is 0 Å². The van der Waals surface area contributed by atoms with Crippen LogP contribution in [0.3, 0.4) is 0 Å². The van der Waals surface area contributed by atoms with Crippen LogP contribution in [0.25, 0.3) is 0 Å². The largest absolute Gasteiger partial charge is 0.463 e. The molecule has 4 rings (SSSR count). The molecule has 2 bridgehead atoms. The Hall–Kier alpha value is -3.45. The molecular weight excluding hydrogens is 425 g/mol. The van der Waals surface area contributed by atoms with Crippen molar-refractivity contribution in [1.29, 1.82) is 0 Å². The van der Waals surface area contributed by atoms with E-state index in [-0.39, 0.29) is 30.2 Å². The van der Waals surface area contributed by atoms with E-state index >= 15 is 0 Å². The molecule has 2 aromatic rings. The number of nitrogens with one attached hydrogen (secondary N) is 1. The van der Waals surface area contributed by atoms with Gasteiger partial charge in [-0.1, -0.05) is 36.4 Å². The lowest BCUT2D eigenvalue weighted by atomic mass is 9.79. The maximum Gasteiger partial charge on any atom is 0.338 e. The second-order valence-electron chi connectivity index (χ2n) is 7.81. The molecule has 0 amide bonds. The number of fused-ring (bicyclic) bond motifs is 2. The average Bonchev–Trinajstić information content (AvgIpc) is 3.39. The molecule has 7 heteroatoms. The van der Waals surface area contributed by atoms with Crippen LogP contribution in [0, 0.1) is 5.82 Å². The molecule has 0 fully saturated rings. The number of ether oxygens (including phenoxy) is 3. The molecular formula is C26H26FNO5. The Balaban J connectivity index is 1.80. The number of rotatable bonds is 9. The van der Waals surface area contributed by atoms with Crippen molar-refractivity contribution >= 4 is 17.6 Å². The Morgan fingerprint density at radius 1 is 1.03 bits per heavy atom. The number of hydrogen-bond donors (Lipinski definition) is 1. The van der Waals surface area contributed by atoms with Crippen LogP contribution in [0.5, 0.6) is 0 Å². The number of carbonyl (C=O) groups excluding carboxylic acids is 2. The van der Waals surface area contributed by atoms with E-state index in [2.05, 4.69) is 5.32 Å². The fourth-order valence-corrected chi connectivity index (χ4v) is 4.34. The van der Waals surface area contributed by atoms with Gasteiger partial charge in [0, 0.05) is 5.69 Å². The number of carbonyl (C=O) groups is 2. The first-order valence-corrected chi connectivity index (χ1v) is 11.0. The van der Waals surface area contributed by atoms with Crippen LogP contribution in [0.1, 0.15) is 19.4 Å². The highest BCUT2D eigenvalue weighted by atomic mass is 19.1. The molecule has 0 radical (unpaired) electrons. The van der Waals surface area contributed by atoms with E-state index in [0.717, 1.165) is 11.3 Å². The van der Waals surface area contributed by atoms with Crippen molar-refractivity contribution in [3.8, 4) is 0 Å².